The van der Waals surface area contributed by atoms with Gasteiger partial charge in [0.2, 0.25) is 0 Å². The fraction of sp³-hybridized carbons (Fsp3) is 0.581. The van der Waals surface area contributed by atoms with Gasteiger partial charge in [0.25, 0.3) is 0 Å². The zero-order valence-corrected chi connectivity index (χ0v) is 34.6. The molecule has 23 heteroatoms. The third-order valence-electron chi connectivity index (χ3n) is 8.48. The van der Waals surface area contributed by atoms with Crippen LogP contribution in [0.3, 0.4) is 0 Å². The largest absolute Gasteiger partial charge is 0.463 e. The van der Waals surface area contributed by atoms with Gasteiger partial charge in [-0.25, -0.2) is 29.9 Å². The predicted molar refractivity (Wildman–Crippen MR) is 204 cm³/mol. The Balaban J connectivity index is 0.000000210. The Morgan fingerprint density at radius 2 is 1.39 bits per heavy atom. The van der Waals surface area contributed by atoms with E-state index in [0.717, 1.165) is 12.8 Å². The molecule has 0 aliphatic carbocycles. The molecule has 0 spiro atoms. The third kappa shape index (κ3) is 9.27. The van der Waals surface area contributed by atoms with E-state index in [2.05, 4.69) is 49.1 Å². The second kappa shape index (κ2) is 18.2. The van der Waals surface area contributed by atoms with Crippen molar-refractivity contribution >= 4 is 103 Å². The Kier molecular flexibility index (Phi) is 14.2. The van der Waals surface area contributed by atoms with Crippen LogP contribution in [0.2, 0.25) is 5.15 Å². The Bertz CT molecular complexity index is 1980. The molecule has 6 heterocycles. The first kappa shape index (κ1) is 42.0. The summed E-state index contributed by atoms with van der Waals surface area (Å²) in [5.74, 6) is -1.13. The Hall–Kier alpha value is -3.14. The maximum absolute atomic E-state index is 11.7. The van der Waals surface area contributed by atoms with E-state index >= 15 is 0 Å². The summed E-state index contributed by atoms with van der Waals surface area (Å²) in [6.07, 6.45) is -3.16. The lowest BCUT2D eigenvalue weighted by Gasteiger charge is -2.23. The van der Waals surface area contributed by atoms with E-state index in [-0.39, 0.29) is 24.4 Å². The Morgan fingerprint density at radius 1 is 0.833 bits per heavy atom. The van der Waals surface area contributed by atoms with Crippen LogP contribution in [0.5, 0.6) is 0 Å². The first-order valence-corrected chi connectivity index (χ1v) is 19.2. The molecule has 2 saturated heterocycles. The summed E-state index contributed by atoms with van der Waals surface area (Å²) in [6, 6.07) is 0.271. The van der Waals surface area contributed by atoms with Crippen molar-refractivity contribution in [3.05, 3.63) is 25.5 Å². The average molecular weight is 1000 g/mol. The lowest BCUT2D eigenvalue weighted by atomic mass is 10.1. The highest BCUT2D eigenvalue weighted by atomic mass is 127. The molecular formula is C31H38ClI2N9O11. The van der Waals surface area contributed by atoms with Crippen LogP contribution in [-0.4, -0.2) is 128 Å². The molecule has 4 N–H and O–H groups in total. The molecular weight excluding hydrogens is 964 g/mol. The van der Waals surface area contributed by atoms with Crippen LogP contribution in [0.15, 0.2) is 12.7 Å². The number of anilines is 1. The minimum atomic E-state index is -1.18. The van der Waals surface area contributed by atoms with Gasteiger partial charge in [0.1, 0.15) is 36.5 Å². The van der Waals surface area contributed by atoms with E-state index < -0.39 is 67.0 Å². The molecule has 2 aliphatic heterocycles. The summed E-state index contributed by atoms with van der Waals surface area (Å²) in [4.78, 5) is 60.3. The van der Waals surface area contributed by atoms with Gasteiger partial charge in [-0.3, -0.25) is 23.5 Å². The molecule has 2 fully saturated rings. The molecule has 0 saturated carbocycles. The summed E-state index contributed by atoms with van der Waals surface area (Å²) in [6.45, 7) is 7.28. The number of rotatable bonds is 11. The van der Waals surface area contributed by atoms with Gasteiger partial charge in [-0.05, 0) is 12.8 Å². The fourth-order valence-corrected chi connectivity index (χ4v) is 7.23. The predicted octanol–water partition coefficient (Wildman–Crippen LogP) is 2.05. The van der Waals surface area contributed by atoms with Gasteiger partial charge in [0, 0.05) is 72.0 Å². The molecule has 0 amide bonds. The second-order valence-electron chi connectivity index (χ2n) is 12.2. The molecule has 54 heavy (non-hydrogen) atoms. The lowest BCUT2D eigenvalue weighted by Crippen LogP contribution is -2.40. The van der Waals surface area contributed by atoms with Crippen LogP contribution < -0.4 is 5.32 Å². The lowest BCUT2D eigenvalue weighted by molar-refractivity contribution is -0.166. The summed E-state index contributed by atoms with van der Waals surface area (Å²) in [7, 11) is 0. The van der Waals surface area contributed by atoms with Crippen molar-refractivity contribution in [3.63, 3.8) is 0 Å². The SMILES string of the molecule is CC(=O)OC[C@H]1O[C@@H](n2cnc3c(Cl)nc(I)nc32)[C@@H](OC(C)=O)C1OC(C)=O.CCC(CC)Nc1nc(I)nc2c1ncn2[C@@H]1O[C@H](CO)C(O)[C@@H]1O. The second-order valence-corrected chi connectivity index (χ2v) is 14.5. The number of halogens is 3. The van der Waals surface area contributed by atoms with Crippen molar-refractivity contribution in [2.45, 2.75) is 103 Å². The molecule has 6 rings (SSSR count). The van der Waals surface area contributed by atoms with Gasteiger partial charge in [-0.2, -0.15) is 0 Å². The molecule has 4 aromatic rings. The average Bonchev–Trinajstić information content (AvgIpc) is 3.87. The minimum Gasteiger partial charge on any atom is -0.463 e. The molecule has 2 aliphatic rings. The number of hydrogen-bond acceptors (Lipinski definition) is 18. The van der Waals surface area contributed by atoms with Crippen molar-refractivity contribution in [1.29, 1.82) is 0 Å². The number of aliphatic hydroxyl groups is 3. The molecule has 294 valence electrons. The van der Waals surface area contributed by atoms with Crippen LogP contribution in [0, 0.1) is 7.66 Å². The maximum atomic E-state index is 11.7. The molecule has 0 radical (unpaired) electrons. The third-order valence-corrected chi connectivity index (χ3v) is 9.71. The summed E-state index contributed by atoms with van der Waals surface area (Å²) < 4.78 is 31.3. The minimum absolute atomic E-state index is 0.146. The van der Waals surface area contributed by atoms with Crippen molar-refractivity contribution in [1.82, 2.24) is 39.0 Å². The van der Waals surface area contributed by atoms with E-state index in [4.69, 9.17) is 35.3 Å². The number of carbonyl (C=O) groups excluding carboxylic acids is 3. The van der Waals surface area contributed by atoms with Crippen LogP contribution >= 0.6 is 56.8 Å². The number of carbonyl (C=O) groups is 3. The summed E-state index contributed by atoms with van der Waals surface area (Å²) in [5, 5.41) is 33.0. The summed E-state index contributed by atoms with van der Waals surface area (Å²) >= 11 is 10.1. The molecule has 0 aromatic carbocycles. The van der Waals surface area contributed by atoms with Gasteiger partial charge < -0.3 is 44.3 Å². The normalized spacial score (nSPS) is 25.1. The first-order valence-electron chi connectivity index (χ1n) is 16.6. The van der Waals surface area contributed by atoms with E-state index in [1.165, 1.54) is 38.0 Å². The molecule has 0 bridgehead atoms. The number of fused-ring (bicyclic) bond motifs is 2. The van der Waals surface area contributed by atoms with E-state index in [9.17, 15) is 29.7 Å². The Labute approximate surface area is 339 Å². The number of esters is 3. The van der Waals surface area contributed by atoms with Gasteiger partial charge >= 0.3 is 17.9 Å². The number of ether oxygens (including phenoxy) is 5. The van der Waals surface area contributed by atoms with Gasteiger partial charge in [-0.15, -0.1) is 0 Å². The molecule has 4 aromatic heterocycles. The number of hydrogen-bond donors (Lipinski definition) is 4. The van der Waals surface area contributed by atoms with E-state index in [1.54, 1.807) is 4.57 Å². The topological polar surface area (TPSA) is 257 Å². The van der Waals surface area contributed by atoms with Crippen molar-refractivity contribution in [2.75, 3.05) is 18.5 Å². The van der Waals surface area contributed by atoms with Crippen molar-refractivity contribution < 1.29 is 53.4 Å². The quantitative estimate of drug-likeness (QED) is 0.0551. The maximum Gasteiger partial charge on any atom is 0.303 e. The van der Waals surface area contributed by atoms with Crippen LogP contribution in [-0.2, 0) is 38.1 Å². The van der Waals surface area contributed by atoms with E-state index in [1.807, 2.05) is 45.2 Å². The van der Waals surface area contributed by atoms with Crippen LogP contribution in [0.4, 0.5) is 5.82 Å². The van der Waals surface area contributed by atoms with Crippen molar-refractivity contribution in [3.8, 4) is 0 Å². The van der Waals surface area contributed by atoms with Crippen LogP contribution in [0.25, 0.3) is 22.3 Å². The first-order chi connectivity index (χ1) is 25.7. The molecule has 20 nitrogen and oxygen atoms in total. The van der Waals surface area contributed by atoms with Gasteiger partial charge in [-0.1, -0.05) is 25.4 Å². The molecule has 2 unspecified atom stereocenters. The zero-order chi connectivity index (χ0) is 39.4. The smallest absolute Gasteiger partial charge is 0.303 e. The number of nitrogens with zero attached hydrogens (tertiary/aromatic N) is 8. The van der Waals surface area contributed by atoms with Crippen molar-refractivity contribution in [2.24, 2.45) is 0 Å². The zero-order valence-electron chi connectivity index (χ0n) is 29.5. The molecule has 8 atom stereocenters. The highest BCUT2D eigenvalue weighted by Gasteiger charge is 2.51. The monoisotopic (exact) mass is 1000 g/mol. The number of aromatic nitrogens is 8. The number of aliphatic hydroxyl groups excluding tert-OH is 3. The summed E-state index contributed by atoms with van der Waals surface area (Å²) in [5.41, 5.74) is 1.74. The highest BCUT2D eigenvalue weighted by molar-refractivity contribution is 14.1. The number of nitrogens with one attached hydrogen (secondary N) is 1. The fourth-order valence-electron chi connectivity index (χ4n) is 5.93. The number of imidazole rings is 2. The van der Waals surface area contributed by atoms with Gasteiger partial charge in [0.15, 0.2) is 60.1 Å². The standard InChI is InChI=1S/C16H16ClIN4O7.C15H22IN5O4/c1-6(23)26-4-9-11(27-7(2)24)12(28-8(3)25)15(29-9)22-5-19-10-13(17)20-16(18)21-14(10)22;1-3-7(4-2)18-12-9-13(20-15(16)19-12)21(6-17-9)14-11(24)10(23)8(5-22)25-14/h5,9,11-12,15H,4H2,1-3H3;6-8,10-11,14,22-24H,3-5H2,1-2H3,(H,18,19,20)/t9-,11?,12+,15-;8-,10?,11+,14-/m11/s1. The Morgan fingerprint density at radius 3 is 1.96 bits per heavy atom. The highest BCUT2D eigenvalue weighted by Crippen LogP contribution is 2.37. The van der Waals surface area contributed by atoms with Crippen LogP contribution in [0.1, 0.15) is 59.9 Å². The van der Waals surface area contributed by atoms with E-state index in [0.29, 0.717) is 35.8 Å². The van der Waals surface area contributed by atoms with Gasteiger partial charge in [0.05, 0.1) is 19.3 Å².